The molecule has 4 heteroatoms. The SMILES string of the molecule is CCCCCN(C=O)C(=O)C1CCCN1C. The molecule has 0 bridgehead atoms. The van der Waals surface area contributed by atoms with Gasteiger partial charge < -0.3 is 0 Å². The molecule has 0 aromatic rings. The van der Waals surface area contributed by atoms with E-state index in [0.29, 0.717) is 13.0 Å². The van der Waals surface area contributed by atoms with E-state index in [1.165, 1.54) is 4.90 Å². The zero-order valence-electron chi connectivity index (χ0n) is 10.3. The van der Waals surface area contributed by atoms with Crippen molar-refractivity contribution in [2.75, 3.05) is 20.1 Å². The van der Waals surface area contributed by atoms with Crippen LogP contribution in [-0.2, 0) is 9.59 Å². The molecule has 1 rings (SSSR count). The van der Waals surface area contributed by atoms with Crippen LogP contribution in [0.5, 0.6) is 0 Å². The van der Waals surface area contributed by atoms with Gasteiger partial charge in [-0.1, -0.05) is 19.8 Å². The average molecular weight is 226 g/mol. The Morgan fingerprint density at radius 1 is 1.50 bits per heavy atom. The van der Waals surface area contributed by atoms with Crippen LogP contribution in [-0.4, -0.2) is 48.3 Å². The molecule has 0 aromatic heterocycles. The van der Waals surface area contributed by atoms with Crippen molar-refractivity contribution < 1.29 is 9.59 Å². The van der Waals surface area contributed by atoms with E-state index in [0.717, 1.165) is 38.6 Å². The second-order valence-electron chi connectivity index (χ2n) is 4.48. The first-order chi connectivity index (χ1) is 7.70. The smallest absolute Gasteiger partial charge is 0.246 e. The maximum atomic E-state index is 12.0. The molecule has 0 saturated carbocycles. The van der Waals surface area contributed by atoms with Gasteiger partial charge in [0.2, 0.25) is 12.3 Å². The molecule has 0 N–H and O–H groups in total. The van der Waals surface area contributed by atoms with Crippen LogP contribution in [0.2, 0.25) is 0 Å². The zero-order chi connectivity index (χ0) is 12.0. The van der Waals surface area contributed by atoms with Gasteiger partial charge in [-0.2, -0.15) is 0 Å². The summed E-state index contributed by atoms with van der Waals surface area (Å²) >= 11 is 0. The van der Waals surface area contributed by atoms with Crippen LogP contribution in [0.1, 0.15) is 39.0 Å². The second kappa shape index (κ2) is 6.63. The number of unbranched alkanes of at least 4 members (excludes halogenated alkanes) is 2. The number of imide groups is 1. The number of rotatable bonds is 6. The number of hydrogen-bond donors (Lipinski definition) is 0. The highest BCUT2D eigenvalue weighted by molar-refractivity contribution is 5.90. The molecule has 92 valence electrons. The van der Waals surface area contributed by atoms with Gasteiger partial charge in [-0.25, -0.2) is 0 Å². The molecular weight excluding hydrogens is 204 g/mol. The number of likely N-dealkylation sites (N-methyl/N-ethyl adjacent to an activating group) is 1. The molecule has 1 atom stereocenters. The third kappa shape index (κ3) is 3.30. The molecule has 0 aliphatic carbocycles. The monoisotopic (exact) mass is 226 g/mol. The molecule has 1 fully saturated rings. The quantitative estimate of drug-likeness (QED) is 0.505. The molecule has 4 nitrogen and oxygen atoms in total. The lowest BCUT2D eigenvalue weighted by molar-refractivity contribution is -0.141. The Morgan fingerprint density at radius 2 is 2.25 bits per heavy atom. The molecule has 1 aliphatic heterocycles. The Bertz CT molecular complexity index is 243. The van der Waals surface area contributed by atoms with Crippen LogP contribution in [0, 0.1) is 0 Å². The van der Waals surface area contributed by atoms with Gasteiger partial charge in [-0.3, -0.25) is 19.4 Å². The minimum atomic E-state index is -0.0770. The van der Waals surface area contributed by atoms with Crippen LogP contribution in [0.15, 0.2) is 0 Å². The lowest BCUT2D eigenvalue weighted by atomic mass is 10.2. The van der Waals surface area contributed by atoms with E-state index in [4.69, 9.17) is 0 Å². The summed E-state index contributed by atoms with van der Waals surface area (Å²) in [6, 6.07) is -0.0770. The van der Waals surface area contributed by atoms with Crippen molar-refractivity contribution in [1.29, 1.82) is 0 Å². The number of hydrogen-bond acceptors (Lipinski definition) is 3. The van der Waals surface area contributed by atoms with Gasteiger partial charge in [0.25, 0.3) is 0 Å². The first-order valence-electron chi connectivity index (χ1n) is 6.16. The van der Waals surface area contributed by atoms with Gasteiger partial charge in [0, 0.05) is 6.54 Å². The first-order valence-corrected chi connectivity index (χ1v) is 6.16. The van der Waals surface area contributed by atoms with E-state index in [1.54, 1.807) is 0 Å². The summed E-state index contributed by atoms with van der Waals surface area (Å²) in [5.74, 6) is -0.0221. The van der Waals surface area contributed by atoms with Crippen LogP contribution in [0.4, 0.5) is 0 Å². The number of carbonyl (C=O) groups excluding carboxylic acids is 2. The van der Waals surface area contributed by atoms with Crippen molar-refractivity contribution in [2.24, 2.45) is 0 Å². The van der Waals surface area contributed by atoms with Crippen LogP contribution >= 0.6 is 0 Å². The molecule has 2 amide bonds. The summed E-state index contributed by atoms with van der Waals surface area (Å²) in [6.07, 6.45) is 5.70. The molecule has 1 saturated heterocycles. The first kappa shape index (κ1) is 13.2. The number of amides is 2. The highest BCUT2D eigenvalue weighted by Crippen LogP contribution is 2.16. The zero-order valence-corrected chi connectivity index (χ0v) is 10.3. The van der Waals surface area contributed by atoms with E-state index in [1.807, 2.05) is 11.9 Å². The molecule has 0 radical (unpaired) electrons. The Labute approximate surface area is 97.6 Å². The largest absolute Gasteiger partial charge is 0.295 e. The van der Waals surface area contributed by atoms with Crippen LogP contribution in [0.3, 0.4) is 0 Å². The molecule has 1 aliphatic rings. The second-order valence-corrected chi connectivity index (χ2v) is 4.48. The normalized spacial score (nSPS) is 21.0. The van der Waals surface area contributed by atoms with Gasteiger partial charge in [-0.15, -0.1) is 0 Å². The predicted molar refractivity (Wildman–Crippen MR) is 63.0 cm³/mol. The van der Waals surface area contributed by atoms with E-state index in [2.05, 4.69) is 6.92 Å². The van der Waals surface area contributed by atoms with Gasteiger partial charge in [0.05, 0.1) is 6.04 Å². The summed E-state index contributed by atoms with van der Waals surface area (Å²) in [7, 11) is 1.95. The lowest BCUT2D eigenvalue weighted by Crippen LogP contribution is -2.44. The fourth-order valence-electron chi connectivity index (χ4n) is 2.16. The van der Waals surface area contributed by atoms with Crippen molar-refractivity contribution in [1.82, 2.24) is 9.80 Å². The van der Waals surface area contributed by atoms with Gasteiger partial charge in [-0.05, 0) is 32.9 Å². The van der Waals surface area contributed by atoms with Crippen molar-refractivity contribution in [3.8, 4) is 0 Å². The molecule has 16 heavy (non-hydrogen) atoms. The van der Waals surface area contributed by atoms with Crippen molar-refractivity contribution in [2.45, 2.75) is 45.1 Å². The third-order valence-electron chi connectivity index (χ3n) is 3.22. The van der Waals surface area contributed by atoms with E-state index in [9.17, 15) is 9.59 Å². The van der Waals surface area contributed by atoms with Crippen LogP contribution in [0.25, 0.3) is 0 Å². The number of likely N-dealkylation sites (tertiary alicyclic amines) is 1. The Morgan fingerprint density at radius 3 is 2.75 bits per heavy atom. The average Bonchev–Trinajstić information content (AvgIpc) is 2.70. The minimum Gasteiger partial charge on any atom is -0.295 e. The summed E-state index contributed by atoms with van der Waals surface area (Å²) in [5, 5.41) is 0. The highest BCUT2D eigenvalue weighted by Gasteiger charge is 2.30. The fourth-order valence-corrected chi connectivity index (χ4v) is 2.16. The van der Waals surface area contributed by atoms with Crippen molar-refractivity contribution >= 4 is 12.3 Å². The summed E-state index contributed by atoms with van der Waals surface area (Å²) < 4.78 is 0. The lowest BCUT2D eigenvalue weighted by Gasteiger charge is -2.23. The summed E-state index contributed by atoms with van der Waals surface area (Å²) in [4.78, 5) is 26.3. The molecule has 0 aromatic carbocycles. The molecular formula is C12H22N2O2. The maximum Gasteiger partial charge on any atom is 0.246 e. The van der Waals surface area contributed by atoms with E-state index in [-0.39, 0.29) is 11.9 Å². The third-order valence-corrected chi connectivity index (χ3v) is 3.22. The minimum absolute atomic E-state index is 0.0221. The highest BCUT2D eigenvalue weighted by atomic mass is 16.2. The van der Waals surface area contributed by atoms with Crippen molar-refractivity contribution in [3.63, 3.8) is 0 Å². The fraction of sp³-hybridized carbons (Fsp3) is 0.833. The predicted octanol–water partition coefficient (Wildman–Crippen LogP) is 1.26. The van der Waals surface area contributed by atoms with Crippen LogP contribution < -0.4 is 0 Å². The van der Waals surface area contributed by atoms with E-state index < -0.39 is 0 Å². The number of carbonyl (C=O) groups is 2. The Kier molecular flexibility index (Phi) is 5.46. The number of nitrogens with zero attached hydrogens (tertiary/aromatic N) is 2. The summed E-state index contributed by atoms with van der Waals surface area (Å²) in [5.41, 5.74) is 0. The molecule has 1 heterocycles. The Balaban J connectivity index is 2.45. The van der Waals surface area contributed by atoms with Crippen molar-refractivity contribution in [3.05, 3.63) is 0 Å². The Hall–Kier alpha value is -0.900. The van der Waals surface area contributed by atoms with Gasteiger partial charge in [0.15, 0.2) is 0 Å². The molecule has 0 spiro atoms. The topological polar surface area (TPSA) is 40.6 Å². The van der Waals surface area contributed by atoms with Gasteiger partial charge >= 0.3 is 0 Å². The van der Waals surface area contributed by atoms with Gasteiger partial charge in [0.1, 0.15) is 0 Å². The molecule has 1 unspecified atom stereocenters. The van der Waals surface area contributed by atoms with E-state index >= 15 is 0 Å². The summed E-state index contributed by atoms with van der Waals surface area (Å²) in [6.45, 7) is 3.64. The maximum absolute atomic E-state index is 12.0. The standard InChI is InChI=1S/C12H22N2O2/c1-3-4-5-9-14(10-15)12(16)11-7-6-8-13(11)2/h10-11H,3-9H2,1-2H3.